The number of thiophene rings is 3. The van der Waals surface area contributed by atoms with Crippen LogP contribution in [0.5, 0.6) is 0 Å². The van der Waals surface area contributed by atoms with Crippen LogP contribution in [0.25, 0.3) is 19.5 Å². The van der Waals surface area contributed by atoms with Crippen LogP contribution in [0.1, 0.15) is 14.5 Å². The van der Waals surface area contributed by atoms with Crippen molar-refractivity contribution in [1.82, 2.24) is 0 Å². The lowest BCUT2D eigenvalue weighted by Gasteiger charge is -1.90. The molecule has 19 heavy (non-hydrogen) atoms. The molecular weight excluding hydrogens is 312 g/mol. The van der Waals surface area contributed by atoms with Gasteiger partial charge in [-0.2, -0.15) is 12.6 Å². The normalized spacial score (nSPS) is 10.8. The molecule has 3 heterocycles. The molecule has 96 valence electrons. The summed E-state index contributed by atoms with van der Waals surface area (Å²) < 4.78 is 0. The van der Waals surface area contributed by atoms with Crippen LogP contribution < -0.4 is 0 Å². The quantitative estimate of drug-likeness (QED) is 0.499. The minimum atomic E-state index is 0.776. The van der Waals surface area contributed by atoms with E-state index in [1.165, 1.54) is 30.8 Å². The molecule has 0 saturated heterocycles. The lowest BCUT2D eigenvalue weighted by molar-refractivity contribution is 0.112. The van der Waals surface area contributed by atoms with Gasteiger partial charge in [0, 0.05) is 30.1 Å². The zero-order valence-corrected chi connectivity index (χ0v) is 13.2. The predicted molar refractivity (Wildman–Crippen MR) is 89.0 cm³/mol. The van der Waals surface area contributed by atoms with Crippen LogP contribution in [0, 0.1) is 0 Å². The predicted octanol–water partition coefficient (Wildman–Crippen LogP) is 5.45. The Labute approximate surface area is 129 Å². The second-order valence-corrected chi connectivity index (χ2v) is 7.59. The van der Waals surface area contributed by atoms with Gasteiger partial charge in [-0.25, -0.2) is 0 Å². The number of rotatable bonds is 4. The van der Waals surface area contributed by atoms with E-state index in [-0.39, 0.29) is 0 Å². The molecule has 0 bridgehead atoms. The Balaban J connectivity index is 1.92. The average molecular weight is 323 g/mol. The van der Waals surface area contributed by atoms with Crippen molar-refractivity contribution in [3.05, 3.63) is 46.2 Å². The topological polar surface area (TPSA) is 17.1 Å². The van der Waals surface area contributed by atoms with Crippen molar-refractivity contribution in [1.29, 1.82) is 0 Å². The zero-order chi connectivity index (χ0) is 13.2. The number of carbonyl (C=O) groups excluding carboxylic acids is 1. The molecular formula is C14H10OS4. The molecule has 3 aromatic rings. The van der Waals surface area contributed by atoms with E-state index in [9.17, 15) is 4.79 Å². The van der Waals surface area contributed by atoms with Gasteiger partial charge in [-0.3, -0.25) is 4.79 Å². The van der Waals surface area contributed by atoms with E-state index >= 15 is 0 Å². The lowest BCUT2D eigenvalue weighted by Crippen LogP contribution is -1.62. The third-order valence-electron chi connectivity index (χ3n) is 2.65. The molecule has 0 aliphatic rings. The first-order chi connectivity index (χ1) is 9.30. The van der Waals surface area contributed by atoms with E-state index in [1.807, 2.05) is 12.1 Å². The molecule has 0 radical (unpaired) electrons. The number of hydrogen-bond donors (Lipinski definition) is 1. The monoisotopic (exact) mass is 322 g/mol. The Bertz CT molecular complexity index is 704. The van der Waals surface area contributed by atoms with Gasteiger partial charge in [0.15, 0.2) is 6.29 Å². The minimum Gasteiger partial charge on any atom is -0.297 e. The third-order valence-corrected chi connectivity index (χ3v) is 6.78. The van der Waals surface area contributed by atoms with Crippen LogP contribution in [-0.4, -0.2) is 6.29 Å². The van der Waals surface area contributed by atoms with E-state index in [0.29, 0.717) is 0 Å². The highest BCUT2D eigenvalue weighted by Gasteiger charge is 2.09. The van der Waals surface area contributed by atoms with Crippen molar-refractivity contribution in [2.75, 3.05) is 0 Å². The summed E-state index contributed by atoms with van der Waals surface area (Å²) in [4.78, 5) is 17.7. The second kappa shape index (κ2) is 5.63. The van der Waals surface area contributed by atoms with Gasteiger partial charge in [-0.05, 0) is 36.4 Å². The summed E-state index contributed by atoms with van der Waals surface area (Å²) in [6, 6.07) is 12.4. The van der Waals surface area contributed by atoms with E-state index in [4.69, 9.17) is 0 Å². The Morgan fingerprint density at radius 3 is 2.00 bits per heavy atom. The van der Waals surface area contributed by atoms with Crippen molar-refractivity contribution in [2.24, 2.45) is 0 Å². The minimum absolute atomic E-state index is 0.776. The van der Waals surface area contributed by atoms with E-state index in [2.05, 4.69) is 36.9 Å². The second-order valence-electron chi connectivity index (χ2n) is 3.91. The fraction of sp³-hybridized carbons (Fsp3) is 0.0714. The number of hydrogen-bond acceptors (Lipinski definition) is 5. The molecule has 0 amide bonds. The van der Waals surface area contributed by atoms with Crippen LogP contribution >= 0.6 is 46.6 Å². The highest BCUT2D eigenvalue weighted by atomic mass is 32.1. The first kappa shape index (κ1) is 13.1. The molecule has 0 aliphatic heterocycles. The van der Waals surface area contributed by atoms with E-state index < -0.39 is 0 Å². The number of aldehydes is 1. The molecule has 0 spiro atoms. The van der Waals surface area contributed by atoms with Gasteiger partial charge in [-0.1, -0.05) is 0 Å². The number of thiol groups is 1. The summed E-state index contributed by atoms with van der Waals surface area (Å²) in [7, 11) is 0. The van der Waals surface area contributed by atoms with Crippen molar-refractivity contribution in [2.45, 2.75) is 5.75 Å². The lowest BCUT2D eigenvalue weighted by atomic mass is 10.3. The smallest absolute Gasteiger partial charge is 0.160 e. The van der Waals surface area contributed by atoms with Crippen LogP contribution in [0.2, 0.25) is 0 Å². The largest absolute Gasteiger partial charge is 0.297 e. The summed E-state index contributed by atoms with van der Waals surface area (Å²) >= 11 is 9.38. The molecule has 0 aliphatic carbocycles. The first-order valence-corrected chi connectivity index (χ1v) is 8.73. The molecule has 5 heteroatoms. The van der Waals surface area contributed by atoms with E-state index in [0.717, 1.165) is 21.8 Å². The highest BCUT2D eigenvalue weighted by Crippen LogP contribution is 2.39. The van der Waals surface area contributed by atoms with Gasteiger partial charge in [0.2, 0.25) is 0 Å². The molecule has 0 N–H and O–H groups in total. The summed E-state index contributed by atoms with van der Waals surface area (Å²) in [5.41, 5.74) is 0. The van der Waals surface area contributed by atoms with Crippen molar-refractivity contribution >= 4 is 52.9 Å². The molecule has 0 fully saturated rings. The Morgan fingerprint density at radius 2 is 1.42 bits per heavy atom. The van der Waals surface area contributed by atoms with Crippen molar-refractivity contribution in [3.63, 3.8) is 0 Å². The van der Waals surface area contributed by atoms with Gasteiger partial charge >= 0.3 is 0 Å². The average Bonchev–Trinajstić information content (AvgIpc) is 3.16. The fourth-order valence-electron chi connectivity index (χ4n) is 1.75. The Kier molecular flexibility index (Phi) is 3.88. The van der Waals surface area contributed by atoms with Crippen molar-refractivity contribution < 1.29 is 4.79 Å². The first-order valence-electron chi connectivity index (χ1n) is 5.65. The van der Waals surface area contributed by atoms with Crippen LogP contribution in [-0.2, 0) is 5.75 Å². The summed E-state index contributed by atoms with van der Waals surface area (Å²) in [5, 5.41) is 0. The molecule has 1 nitrogen and oxygen atoms in total. The van der Waals surface area contributed by atoms with Gasteiger partial charge < -0.3 is 0 Å². The van der Waals surface area contributed by atoms with Crippen LogP contribution in [0.4, 0.5) is 0 Å². The molecule has 0 atom stereocenters. The molecule has 3 aromatic heterocycles. The summed E-state index contributed by atoms with van der Waals surface area (Å²) in [6.07, 6.45) is 0.904. The Morgan fingerprint density at radius 1 is 0.842 bits per heavy atom. The van der Waals surface area contributed by atoms with Gasteiger partial charge in [0.1, 0.15) is 0 Å². The summed E-state index contributed by atoms with van der Waals surface area (Å²) in [5.74, 6) is 0.788. The van der Waals surface area contributed by atoms with Crippen LogP contribution in [0.15, 0.2) is 36.4 Å². The molecule has 3 rings (SSSR count). The number of carbonyl (C=O) groups is 1. The molecule has 0 aromatic carbocycles. The van der Waals surface area contributed by atoms with E-state index in [1.54, 1.807) is 22.7 Å². The standard InChI is InChI=1S/C14H10OS4/c15-7-9-1-3-11(17-9)13-5-6-14(19-13)12-4-2-10(8-16)18-12/h1-7,16H,8H2. The molecule has 0 unspecified atom stereocenters. The van der Waals surface area contributed by atoms with Crippen molar-refractivity contribution in [3.8, 4) is 19.5 Å². The molecule has 0 saturated carbocycles. The van der Waals surface area contributed by atoms with Gasteiger partial charge in [0.25, 0.3) is 0 Å². The maximum Gasteiger partial charge on any atom is 0.160 e. The maximum atomic E-state index is 10.7. The SMILES string of the molecule is O=Cc1ccc(-c2ccc(-c3ccc(CS)s3)s2)s1. The summed E-state index contributed by atoms with van der Waals surface area (Å²) in [6.45, 7) is 0. The third kappa shape index (κ3) is 2.69. The van der Waals surface area contributed by atoms with Gasteiger partial charge in [-0.15, -0.1) is 34.0 Å². The zero-order valence-electron chi connectivity index (χ0n) is 9.83. The maximum absolute atomic E-state index is 10.7. The fourth-order valence-corrected chi connectivity index (χ4v) is 4.92. The Hall–Kier alpha value is -0.880. The van der Waals surface area contributed by atoms with Gasteiger partial charge in [0.05, 0.1) is 4.88 Å². The van der Waals surface area contributed by atoms with Crippen LogP contribution in [0.3, 0.4) is 0 Å². The highest BCUT2D eigenvalue weighted by molar-refractivity contribution is 7.79.